The minimum Gasteiger partial charge on any atom is -0.428 e. The summed E-state index contributed by atoms with van der Waals surface area (Å²) < 4.78 is 5.16. The molecule has 0 bridgehead atoms. The van der Waals surface area contributed by atoms with Gasteiger partial charge in [0.25, 0.3) is 11.3 Å². The van der Waals surface area contributed by atoms with Crippen LogP contribution < -0.4 is 10.6 Å². The second-order valence-corrected chi connectivity index (χ2v) is 6.04. The summed E-state index contributed by atoms with van der Waals surface area (Å²) in [6, 6.07) is 12.5. The molecule has 1 heterocycles. The van der Waals surface area contributed by atoms with Gasteiger partial charge in [0.1, 0.15) is 5.52 Å². The number of anilines is 1. The van der Waals surface area contributed by atoms with Gasteiger partial charge < -0.3 is 15.1 Å². The minimum atomic E-state index is -0.284. The summed E-state index contributed by atoms with van der Waals surface area (Å²) in [5.74, 6) is -0.433. The van der Waals surface area contributed by atoms with E-state index >= 15 is 0 Å². The molecule has 6 nitrogen and oxygen atoms in total. The molecule has 0 spiro atoms. The lowest BCUT2D eigenvalue weighted by molar-refractivity contribution is -0.116. The van der Waals surface area contributed by atoms with Gasteiger partial charge in [-0.25, -0.2) is 0 Å². The molecule has 0 saturated carbocycles. The van der Waals surface area contributed by atoms with Crippen molar-refractivity contribution in [3.05, 3.63) is 58.9 Å². The van der Waals surface area contributed by atoms with Gasteiger partial charge in [0.05, 0.1) is 0 Å². The number of carbonyl (C=O) groups excluding carboxylic acids is 2. The quantitative estimate of drug-likeness (QED) is 0.690. The van der Waals surface area contributed by atoms with Gasteiger partial charge in [0.15, 0.2) is 5.58 Å². The van der Waals surface area contributed by atoms with Crippen LogP contribution >= 0.6 is 11.6 Å². The predicted octanol–water partition coefficient (Wildman–Crippen LogP) is 3.80. The molecule has 2 aromatic carbocycles. The van der Waals surface area contributed by atoms with Crippen LogP contribution in [0, 0.1) is 0 Å². The second-order valence-electron chi connectivity index (χ2n) is 5.71. The molecule has 7 heteroatoms. The smallest absolute Gasteiger partial charge is 0.293 e. The summed E-state index contributed by atoms with van der Waals surface area (Å²) in [4.78, 5) is 28.3. The summed E-state index contributed by atoms with van der Waals surface area (Å²) in [6.07, 6.45) is 1.02. The average Bonchev–Trinajstić information content (AvgIpc) is 3.01. The number of fused-ring (bicyclic) bond motifs is 1. The Morgan fingerprint density at radius 1 is 1.19 bits per heavy atom. The van der Waals surface area contributed by atoms with Crippen molar-refractivity contribution in [1.82, 2.24) is 10.3 Å². The average molecular weight is 372 g/mol. The number of rotatable bonds is 6. The number of benzene rings is 2. The van der Waals surface area contributed by atoms with Crippen LogP contribution in [0.15, 0.2) is 46.9 Å². The first kappa shape index (κ1) is 17.9. The first-order valence-corrected chi connectivity index (χ1v) is 8.66. The monoisotopic (exact) mass is 371 g/mol. The number of amides is 2. The van der Waals surface area contributed by atoms with E-state index in [1.807, 2.05) is 31.2 Å². The molecule has 3 aromatic rings. The summed E-state index contributed by atoms with van der Waals surface area (Å²) in [7, 11) is 0. The molecular formula is C19H18ClN3O3. The van der Waals surface area contributed by atoms with E-state index in [1.165, 1.54) is 0 Å². The Labute approximate surface area is 155 Å². The fraction of sp³-hybridized carbons (Fsp3) is 0.211. The molecule has 0 aliphatic rings. The van der Waals surface area contributed by atoms with Gasteiger partial charge in [-0.3, -0.25) is 9.59 Å². The number of halogens is 1. The highest BCUT2D eigenvalue weighted by molar-refractivity contribution is 6.28. The van der Waals surface area contributed by atoms with E-state index < -0.39 is 0 Å². The Morgan fingerprint density at radius 3 is 2.81 bits per heavy atom. The van der Waals surface area contributed by atoms with Crippen molar-refractivity contribution in [3.8, 4) is 0 Å². The Morgan fingerprint density at radius 2 is 2.00 bits per heavy atom. The van der Waals surface area contributed by atoms with Crippen LogP contribution in [-0.4, -0.2) is 23.3 Å². The van der Waals surface area contributed by atoms with Crippen LogP contribution in [0.4, 0.5) is 5.69 Å². The van der Waals surface area contributed by atoms with Crippen LogP contribution in [0.5, 0.6) is 0 Å². The van der Waals surface area contributed by atoms with E-state index in [-0.39, 0.29) is 30.1 Å². The van der Waals surface area contributed by atoms with Crippen molar-refractivity contribution >= 4 is 40.2 Å². The summed E-state index contributed by atoms with van der Waals surface area (Å²) in [6.45, 7) is 2.26. The zero-order valence-corrected chi connectivity index (χ0v) is 15.0. The number of aromatic nitrogens is 1. The molecule has 26 heavy (non-hydrogen) atoms. The van der Waals surface area contributed by atoms with Crippen molar-refractivity contribution in [3.63, 3.8) is 0 Å². The summed E-state index contributed by atoms with van der Waals surface area (Å²) in [5.41, 5.74) is 3.33. The van der Waals surface area contributed by atoms with Crippen LogP contribution in [0.1, 0.15) is 29.3 Å². The van der Waals surface area contributed by atoms with Crippen LogP contribution in [-0.2, 0) is 11.2 Å². The third-order valence-electron chi connectivity index (χ3n) is 3.93. The van der Waals surface area contributed by atoms with Gasteiger partial charge in [-0.15, -0.1) is 0 Å². The Balaban J connectivity index is 1.53. The van der Waals surface area contributed by atoms with Crippen molar-refractivity contribution in [2.45, 2.75) is 19.8 Å². The first-order valence-electron chi connectivity index (χ1n) is 8.29. The van der Waals surface area contributed by atoms with E-state index in [9.17, 15) is 9.59 Å². The van der Waals surface area contributed by atoms with Gasteiger partial charge in [-0.2, -0.15) is 4.98 Å². The number of hydrogen-bond acceptors (Lipinski definition) is 4. The number of carbonyl (C=O) groups is 2. The van der Waals surface area contributed by atoms with Gasteiger partial charge in [-0.05, 0) is 47.9 Å². The molecule has 0 radical (unpaired) electrons. The molecule has 0 aliphatic carbocycles. The second kappa shape index (κ2) is 8.01. The third-order valence-corrected chi connectivity index (χ3v) is 4.10. The normalized spacial score (nSPS) is 10.7. The van der Waals surface area contributed by atoms with E-state index in [1.54, 1.807) is 18.2 Å². The van der Waals surface area contributed by atoms with Gasteiger partial charge >= 0.3 is 0 Å². The lowest BCUT2D eigenvalue weighted by Gasteiger charge is -2.10. The number of nitrogens with one attached hydrogen (secondary N) is 2. The highest BCUT2D eigenvalue weighted by Crippen LogP contribution is 2.20. The molecule has 2 N–H and O–H groups in total. The lowest BCUT2D eigenvalue weighted by Crippen LogP contribution is -2.27. The molecule has 1 aromatic heterocycles. The van der Waals surface area contributed by atoms with Gasteiger partial charge in [-0.1, -0.05) is 25.1 Å². The van der Waals surface area contributed by atoms with E-state index in [0.29, 0.717) is 16.7 Å². The maximum absolute atomic E-state index is 12.2. The summed E-state index contributed by atoms with van der Waals surface area (Å²) >= 11 is 5.70. The fourth-order valence-corrected chi connectivity index (χ4v) is 2.77. The van der Waals surface area contributed by atoms with Gasteiger partial charge in [0.2, 0.25) is 5.91 Å². The standard InChI is InChI=1S/C19H18ClN3O3/c1-2-12-5-3-4-6-14(12)22-17(24)9-10-21-18(25)13-7-8-16-15(11-13)23-19(20)26-16/h3-8,11H,2,9-10H2,1H3,(H,21,25)(H,22,24). The zero-order valence-electron chi connectivity index (χ0n) is 14.2. The van der Waals surface area contributed by atoms with E-state index in [0.717, 1.165) is 17.7 Å². The highest BCUT2D eigenvalue weighted by atomic mass is 35.5. The Hall–Kier alpha value is -2.86. The predicted molar refractivity (Wildman–Crippen MR) is 100 cm³/mol. The van der Waals surface area contributed by atoms with Crippen LogP contribution in [0.3, 0.4) is 0 Å². The largest absolute Gasteiger partial charge is 0.428 e. The molecule has 134 valence electrons. The minimum absolute atomic E-state index is 0.0292. The number of oxazole rings is 1. The Bertz CT molecular complexity index is 952. The molecule has 0 aliphatic heterocycles. The molecule has 0 fully saturated rings. The highest BCUT2D eigenvalue weighted by Gasteiger charge is 2.11. The van der Waals surface area contributed by atoms with Crippen molar-refractivity contribution in [2.75, 3.05) is 11.9 Å². The molecule has 0 saturated heterocycles. The number of aryl methyl sites for hydroxylation is 1. The molecular weight excluding hydrogens is 354 g/mol. The van der Waals surface area contributed by atoms with E-state index in [2.05, 4.69) is 15.6 Å². The topological polar surface area (TPSA) is 84.2 Å². The molecule has 0 unspecified atom stereocenters. The van der Waals surface area contributed by atoms with Crippen LogP contribution in [0.25, 0.3) is 11.1 Å². The van der Waals surface area contributed by atoms with E-state index in [4.69, 9.17) is 16.0 Å². The first-order chi connectivity index (χ1) is 12.6. The SMILES string of the molecule is CCc1ccccc1NC(=O)CCNC(=O)c1ccc2oc(Cl)nc2c1. The van der Waals surface area contributed by atoms with Crippen molar-refractivity contribution in [1.29, 1.82) is 0 Å². The fourth-order valence-electron chi connectivity index (χ4n) is 2.60. The van der Waals surface area contributed by atoms with Crippen LogP contribution in [0.2, 0.25) is 5.35 Å². The van der Waals surface area contributed by atoms with Crippen molar-refractivity contribution in [2.24, 2.45) is 0 Å². The maximum atomic E-state index is 12.2. The molecule has 0 atom stereocenters. The van der Waals surface area contributed by atoms with Crippen molar-refractivity contribution < 1.29 is 14.0 Å². The number of nitrogens with zero attached hydrogens (tertiary/aromatic N) is 1. The molecule has 2 amide bonds. The number of hydrogen-bond donors (Lipinski definition) is 2. The third kappa shape index (κ3) is 4.21. The lowest BCUT2D eigenvalue weighted by atomic mass is 10.1. The molecule has 3 rings (SSSR count). The summed E-state index contributed by atoms with van der Waals surface area (Å²) in [5, 5.41) is 5.63. The maximum Gasteiger partial charge on any atom is 0.293 e. The zero-order chi connectivity index (χ0) is 18.5. The van der Waals surface area contributed by atoms with Gasteiger partial charge in [0, 0.05) is 24.2 Å². The Kier molecular flexibility index (Phi) is 5.53. The number of para-hydroxylation sites is 1.